The fourth-order valence-corrected chi connectivity index (χ4v) is 2.63. The summed E-state index contributed by atoms with van der Waals surface area (Å²) in [5.41, 5.74) is 0.804. The Morgan fingerprint density at radius 2 is 1.91 bits per heavy atom. The number of benzene rings is 1. The van der Waals surface area contributed by atoms with Crippen molar-refractivity contribution in [3.63, 3.8) is 0 Å². The lowest BCUT2D eigenvalue weighted by Crippen LogP contribution is -2.50. The molecule has 124 valence electrons. The third-order valence-corrected chi connectivity index (χ3v) is 3.44. The molecule has 0 spiro atoms. The predicted molar refractivity (Wildman–Crippen MR) is 83.0 cm³/mol. The smallest absolute Gasteiger partial charge is 0.415 e. The first-order chi connectivity index (χ1) is 10.7. The second-order valence-electron chi connectivity index (χ2n) is 6.57. The normalized spacial score (nSPS) is 19.0. The Balaban J connectivity index is 0.000000816. The van der Waals surface area contributed by atoms with Crippen molar-refractivity contribution in [2.75, 3.05) is 4.90 Å². The Bertz CT molecular complexity index is 614. The van der Waals surface area contributed by atoms with Gasteiger partial charge in [-0.25, -0.2) is 4.79 Å². The highest BCUT2D eigenvalue weighted by Gasteiger charge is 2.44. The van der Waals surface area contributed by atoms with Crippen molar-refractivity contribution >= 4 is 24.2 Å². The van der Waals surface area contributed by atoms with E-state index in [9.17, 15) is 9.59 Å². The fourth-order valence-electron chi connectivity index (χ4n) is 2.63. The van der Waals surface area contributed by atoms with Crippen molar-refractivity contribution < 1.29 is 23.9 Å². The number of ether oxygens (including phenoxy) is 1. The molecule has 1 aromatic rings. The van der Waals surface area contributed by atoms with Crippen LogP contribution in [-0.2, 0) is 25.5 Å². The van der Waals surface area contributed by atoms with E-state index in [-0.39, 0.29) is 6.15 Å². The van der Waals surface area contributed by atoms with Gasteiger partial charge in [0.05, 0.1) is 11.2 Å². The molecule has 0 aromatic heterocycles. The molecule has 2 rings (SSSR count). The van der Waals surface area contributed by atoms with E-state index >= 15 is 0 Å². The summed E-state index contributed by atoms with van der Waals surface area (Å²) >= 11 is 0. The van der Waals surface area contributed by atoms with Crippen molar-refractivity contribution in [3.05, 3.63) is 29.8 Å². The van der Waals surface area contributed by atoms with Gasteiger partial charge in [0.1, 0.15) is 11.9 Å². The van der Waals surface area contributed by atoms with E-state index in [0.29, 0.717) is 12.8 Å². The molecule has 1 aliphatic rings. The first-order valence-electron chi connectivity index (χ1n) is 7.22. The van der Waals surface area contributed by atoms with Crippen LogP contribution in [0.5, 0.6) is 0 Å². The van der Waals surface area contributed by atoms with E-state index in [1.54, 1.807) is 4.90 Å². The molecule has 0 fully saturated rings. The lowest BCUT2D eigenvalue weighted by Gasteiger charge is -2.35. The third-order valence-electron chi connectivity index (χ3n) is 3.44. The molecule has 1 amide bonds. The molecule has 6 heteroatoms. The molecule has 1 aromatic carbocycles. The Morgan fingerprint density at radius 3 is 2.43 bits per heavy atom. The molecular formula is C17H21NO5. The summed E-state index contributed by atoms with van der Waals surface area (Å²) in [6.07, 6.45) is 1.68. The van der Waals surface area contributed by atoms with Crippen LogP contribution in [0.4, 0.5) is 10.5 Å². The minimum absolute atomic E-state index is 0.250. The summed E-state index contributed by atoms with van der Waals surface area (Å²) < 4.78 is 5.49. The Hall–Kier alpha value is -2.46. The van der Waals surface area contributed by atoms with Crippen molar-refractivity contribution in [1.29, 1.82) is 0 Å². The number of hydrogen-bond acceptors (Lipinski definition) is 5. The van der Waals surface area contributed by atoms with Gasteiger partial charge in [0.2, 0.25) is 0 Å². The largest absolute Gasteiger partial charge is 0.443 e. The molecule has 1 atom stereocenters. The standard InChI is InChI=1S/C16H21NO3.CO2/c1-15(2,3)20-14(19)17-13-8-6-5-7-12(13)11-16(17,4)9-10-18;2-1-3/h5-8,10H,9,11H2,1-4H3;. The number of amides is 1. The minimum Gasteiger partial charge on any atom is -0.443 e. The second-order valence-corrected chi connectivity index (χ2v) is 6.57. The minimum atomic E-state index is -0.559. The molecule has 0 bridgehead atoms. The van der Waals surface area contributed by atoms with Gasteiger partial charge in [-0.2, -0.15) is 9.59 Å². The van der Waals surface area contributed by atoms with Crippen LogP contribution in [0, 0.1) is 0 Å². The maximum atomic E-state index is 12.5. The van der Waals surface area contributed by atoms with Crippen molar-refractivity contribution in [1.82, 2.24) is 0 Å². The van der Waals surface area contributed by atoms with Crippen LogP contribution in [-0.4, -0.2) is 29.7 Å². The molecule has 0 saturated carbocycles. The summed E-state index contributed by atoms with van der Waals surface area (Å²) in [5, 5.41) is 0. The van der Waals surface area contributed by atoms with Crippen LogP contribution in [0.1, 0.15) is 39.7 Å². The second kappa shape index (κ2) is 7.20. The monoisotopic (exact) mass is 319 g/mol. The zero-order valence-corrected chi connectivity index (χ0v) is 13.8. The van der Waals surface area contributed by atoms with E-state index in [0.717, 1.165) is 17.5 Å². The van der Waals surface area contributed by atoms with Crippen molar-refractivity contribution in [2.24, 2.45) is 0 Å². The number of rotatable bonds is 2. The maximum absolute atomic E-state index is 12.5. The van der Waals surface area contributed by atoms with Crippen LogP contribution in [0.25, 0.3) is 0 Å². The molecular weight excluding hydrogens is 298 g/mol. The summed E-state index contributed by atoms with van der Waals surface area (Å²) in [5.74, 6) is 0. The lowest BCUT2D eigenvalue weighted by molar-refractivity contribution is -0.191. The number of anilines is 1. The fraction of sp³-hybridized carbons (Fsp3) is 0.471. The van der Waals surface area contributed by atoms with Gasteiger partial charge in [0, 0.05) is 6.42 Å². The molecule has 1 aliphatic heterocycles. The number of para-hydroxylation sites is 1. The van der Waals surface area contributed by atoms with Gasteiger partial charge in [-0.15, -0.1) is 0 Å². The molecule has 1 heterocycles. The van der Waals surface area contributed by atoms with E-state index < -0.39 is 17.2 Å². The summed E-state index contributed by atoms with van der Waals surface area (Å²) in [6, 6.07) is 7.72. The number of hydrogen-bond donors (Lipinski definition) is 0. The number of carbonyl (C=O) groups is 2. The van der Waals surface area contributed by atoms with E-state index in [1.165, 1.54) is 0 Å². The van der Waals surface area contributed by atoms with Crippen molar-refractivity contribution in [3.8, 4) is 0 Å². The van der Waals surface area contributed by atoms with Gasteiger partial charge in [-0.1, -0.05) is 18.2 Å². The van der Waals surface area contributed by atoms with Crippen molar-refractivity contribution in [2.45, 2.75) is 51.7 Å². The number of aldehydes is 1. The van der Waals surface area contributed by atoms with Crippen LogP contribution in [0.15, 0.2) is 24.3 Å². The van der Waals surface area contributed by atoms with E-state index in [4.69, 9.17) is 14.3 Å². The average molecular weight is 319 g/mol. The van der Waals surface area contributed by atoms with E-state index in [1.807, 2.05) is 52.0 Å². The summed E-state index contributed by atoms with van der Waals surface area (Å²) in [6.45, 7) is 7.43. The van der Waals surface area contributed by atoms with Gasteiger partial charge >= 0.3 is 12.2 Å². The van der Waals surface area contributed by atoms with Gasteiger partial charge in [-0.05, 0) is 45.7 Å². The highest BCUT2D eigenvalue weighted by Crippen LogP contribution is 2.41. The summed E-state index contributed by atoms with van der Waals surface area (Å²) in [4.78, 5) is 41.4. The number of nitrogens with zero attached hydrogens (tertiary/aromatic N) is 1. The van der Waals surface area contributed by atoms with Crippen LogP contribution in [0.2, 0.25) is 0 Å². The molecule has 23 heavy (non-hydrogen) atoms. The van der Waals surface area contributed by atoms with E-state index in [2.05, 4.69) is 0 Å². The molecule has 1 unspecified atom stereocenters. The van der Waals surface area contributed by atoms with Crippen LogP contribution in [0.3, 0.4) is 0 Å². The Kier molecular flexibility index (Phi) is 5.82. The first-order valence-corrected chi connectivity index (χ1v) is 7.22. The van der Waals surface area contributed by atoms with Crippen LogP contribution < -0.4 is 4.90 Å². The average Bonchev–Trinajstić information content (AvgIpc) is 2.69. The van der Waals surface area contributed by atoms with Gasteiger partial charge in [0.15, 0.2) is 0 Å². The Labute approximate surface area is 135 Å². The quantitative estimate of drug-likeness (QED) is 0.783. The molecule has 0 saturated heterocycles. The molecule has 0 aliphatic carbocycles. The third kappa shape index (κ3) is 4.50. The van der Waals surface area contributed by atoms with Gasteiger partial charge < -0.3 is 9.53 Å². The number of carbonyl (C=O) groups excluding carboxylic acids is 4. The van der Waals surface area contributed by atoms with Crippen LogP contribution >= 0.6 is 0 Å². The zero-order chi connectivity index (χ0) is 17.7. The molecule has 6 nitrogen and oxygen atoms in total. The van der Waals surface area contributed by atoms with Gasteiger partial charge in [0.25, 0.3) is 0 Å². The summed E-state index contributed by atoms with van der Waals surface area (Å²) in [7, 11) is 0. The molecule has 0 N–H and O–H groups in total. The van der Waals surface area contributed by atoms with Gasteiger partial charge in [-0.3, -0.25) is 4.90 Å². The highest BCUT2D eigenvalue weighted by molar-refractivity contribution is 5.93. The number of fused-ring (bicyclic) bond motifs is 1. The lowest BCUT2D eigenvalue weighted by atomic mass is 9.93. The topological polar surface area (TPSA) is 80.8 Å². The highest BCUT2D eigenvalue weighted by atomic mass is 16.6. The first kappa shape index (κ1) is 18.6. The SMILES string of the molecule is CC(C)(C)OC(=O)N1c2ccccc2CC1(C)CC=O.O=C=O. The maximum Gasteiger partial charge on any atom is 0.415 e. The zero-order valence-electron chi connectivity index (χ0n) is 13.8. The Morgan fingerprint density at radius 1 is 1.35 bits per heavy atom. The molecule has 0 radical (unpaired) electrons. The predicted octanol–water partition coefficient (Wildman–Crippen LogP) is 2.75.